The minimum atomic E-state index is 0.0358. The van der Waals surface area contributed by atoms with Gasteiger partial charge in [0.15, 0.2) is 0 Å². The number of aromatic nitrogens is 2. The van der Waals surface area contributed by atoms with Gasteiger partial charge in [0.05, 0.1) is 19.8 Å². The van der Waals surface area contributed by atoms with Gasteiger partial charge in [-0.3, -0.25) is 4.79 Å². The molecular formula is C19H32N6O2. The van der Waals surface area contributed by atoms with Gasteiger partial charge in [-0.2, -0.15) is 4.98 Å². The topological polar surface area (TPSA) is 65.0 Å². The Kier molecular flexibility index (Phi) is 6.49. The predicted molar refractivity (Wildman–Crippen MR) is 107 cm³/mol. The van der Waals surface area contributed by atoms with E-state index >= 15 is 0 Å². The normalized spacial score (nSPS) is 17.0. The lowest BCUT2D eigenvalue weighted by Crippen LogP contribution is -2.38. The summed E-state index contributed by atoms with van der Waals surface area (Å²) >= 11 is 0. The number of fused-ring (bicyclic) bond motifs is 1. The van der Waals surface area contributed by atoms with Crippen molar-refractivity contribution >= 4 is 17.7 Å². The van der Waals surface area contributed by atoms with Gasteiger partial charge in [0.1, 0.15) is 11.5 Å². The monoisotopic (exact) mass is 376 g/mol. The van der Waals surface area contributed by atoms with Crippen LogP contribution in [-0.2, 0) is 11.3 Å². The molecule has 1 aromatic rings. The predicted octanol–water partition coefficient (Wildman–Crippen LogP) is 1.07. The summed E-state index contributed by atoms with van der Waals surface area (Å²) in [5.74, 6) is 1.61. The molecule has 1 saturated heterocycles. The van der Waals surface area contributed by atoms with Crippen molar-refractivity contribution in [2.75, 3.05) is 76.4 Å². The molecule has 0 radical (unpaired) electrons. The van der Waals surface area contributed by atoms with Crippen LogP contribution in [0.15, 0.2) is 0 Å². The summed E-state index contributed by atoms with van der Waals surface area (Å²) in [5.41, 5.74) is 1.56. The first-order valence-corrected chi connectivity index (χ1v) is 9.97. The standard InChI is InChI=1S/C19H32N6O2/c1-5-7-25-14-15-16(18(25)26)20-19(24-10-12-27-13-11-24)21-17(15)23(6-2)9-8-22(3)4/h5-14H2,1-4H3. The molecule has 0 aliphatic carbocycles. The highest BCUT2D eigenvalue weighted by molar-refractivity contribution is 5.98. The number of ether oxygens (including phenoxy) is 1. The van der Waals surface area contributed by atoms with E-state index in [-0.39, 0.29) is 5.91 Å². The summed E-state index contributed by atoms with van der Waals surface area (Å²) in [7, 11) is 4.15. The molecule has 27 heavy (non-hydrogen) atoms. The first-order valence-electron chi connectivity index (χ1n) is 9.97. The smallest absolute Gasteiger partial charge is 0.273 e. The van der Waals surface area contributed by atoms with Crippen molar-refractivity contribution < 1.29 is 9.53 Å². The molecular weight excluding hydrogens is 344 g/mol. The maximum absolute atomic E-state index is 12.9. The lowest BCUT2D eigenvalue weighted by atomic mass is 10.2. The van der Waals surface area contributed by atoms with Crippen molar-refractivity contribution in [3.63, 3.8) is 0 Å². The van der Waals surface area contributed by atoms with Crippen LogP contribution in [0.5, 0.6) is 0 Å². The van der Waals surface area contributed by atoms with Gasteiger partial charge in [0, 0.05) is 44.8 Å². The van der Waals surface area contributed by atoms with Crippen LogP contribution in [0.25, 0.3) is 0 Å². The third kappa shape index (κ3) is 4.32. The van der Waals surface area contributed by atoms with Crippen LogP contribution in [-0.4, -0.2) is 92.3 Å². The van der Waals surface area contributed by atoms with E-state index in [0.29, 0.717) is 31.4 Å². The van der Waals surface area contributed by atoms with Gasteiger partial charge in [-0.15, -0.1) is 0 Å². The van der Waals surface area contributed by atoms with Gasteiger partial charge in [0.25, 0.3) is 5.91 Å². The average Bonchev–Trinajstić information content (AvgIpc) is 2.99. The summed E-state index contributed by atoms with van der Waals surface area (Å²) in [5, 5.41) is 0. The summed E-state index contributed by atoms with van der Waals surface area (Å²) in [6, 6.07) is 0. The molecule has 0 saturated carbocycles. The molecule has 0 aromatic carbocycles. The van der Waals surface area contributed by atoms with Crippen LogP contribution in [0.2, 0.25) is 0 Å². The Hall–Kier alpha value is -1.93. The second-order valence-electron chi connectivity index (χ2n) is 7.38. The molecule has 0 unspecified atom stereocenters. The molecule has 0 N–H and O–H groups in total. The van der Waals surface area contributed by atoms with Crippen molar-refractivity contribution in [1.82, 2.24) is 19.8 Å². The third-order valence-electron chi connectivity index (χ3n) is 5.10. The van der Waals surface area contributed by atoms with E-state index in [0.717, 1.165) is 57.1 Å². The summed E-state index contributed by atoms with van der Waals surface area (Å²) in [6.07, 6.45) is 0.941. The minimum Gasteiger partial charge on any atom is -0.378 e. The molecule has 2 aliphatic heterocycles. The number of anilines is 2. The van der Waals surface area contributed by atoms with Gasteiger partial charge in [-0.1, -0.05) is 6.92 Å². The fraction of sp³-hybridized carbons (Fsp3) is 0.737. The summed E-state index contributed by atoms with van der Waals surface area (Å²) in [6.45, 7) is 11.1. The molecule has 1 amide bonds. The van der Waals surface area contributed by atoms with Crippen molar-refractivity contribution in [1.29, 1.82) is 0 Å². The van der Waals surface area contributed by atoms with Gasteiger partial charge in [0.2, 0.25) is 5.95 Å². The van der Waals surface area contributed by atoms with Crippen LogP contribution in [0.4, 0.5) is 11.8 Å². The molecule has 0 atom stereocenters. The quantitative estimate of drug-likeness (QED) is 0.672. The highest BCUT2D eigenvalue weighted by Gasteiger charge is 2.34. The first-order chi connectivity index (χ1) is 13.0. The number of hydrogen-bond acceptors (Lipinski definition) is 7. The zero-order valence-electron chi connectivity index (χ0n) is 17.1. The second-order valence-corrected chi connectivity index (χ2v) is 7.38. The Morgan fingerprint density at radius 3 is 2.48 bits per heavy atom. The Morgan fingerprint density at radius 2 is 1.85 bits per heavy atom. The number of rotatable bonds is 8. The average molecular weight is 377 g/mol. The highest BCUT2D eigenvalue weighted by atomic mass is 16.5. The van der Waals surface area contributed by atoms with E-state index in [1.807, 2.05) is 4.90 Å². The van der Waals surface area contributed by atoms with Gasteiger partial charge >= 0.3 is 0 Å². The molecule has 1 fully saturated rings. The summed E-state index contributed by atoms with van der Waals surface area (Å²) < 4.78 is 5.46. The maximum atomic E-state index is 12.9. The molecule has 3 heterocycles. The number of nitrogens with zero attached hydrogens (tertiary/aromatic N) is 6. The fourth-order valence-electron chi connectivity index (χ4n) is 3.55. The van der Waals surface area contributed by atoms with E-state index in [9.17, 15) is 4.79 Å². The Balaban J connectivity index is 1.98. The molecule has 150 valence electrons. The first kappa shape index (κ1) is 19.8. The Morgan fingerprint density at radius 1 is 1.11 bits per heavy atom. The number of hydrogen-bond donors (Lipinski definition) is 0. The molecule has 8 heteroatoms. The SMILES string of the molecule is CCCN1Cc2c(nc(N3CCOCC3)nc2N(CC)CCN(C)C)C1=O. The van der Waals surface area contributed by atoms with Crippen molar-refractivity contribution in [3.8, 4) is 0 Å². The van der Waals surface area contributed by atoms with Gasteiger partial charge in [-0.25, -0.2) is 4.98 Å². The number of morpholine rings is 1. The third-order valence-corrected chi connectivity index (χ3v) is 5.10. The lowest BCUT2D eigenvalue weighted by Gasteiger charge is -2.30. The van der Waals surface area contributed by atoms with Crippen LogP contribution < -0.4 is 9.80 Å². The van der Waals surface area contributed by atoms with E-state index < -0.39 is 0 Å². The zero-order valence-corrected chi connectivity index (χ0v) is 17.1. The zero-order chi connectivity index (χ0) is 19.4. The van der Waals surface area contributed by atoms with Crippen LogP contribution >= 0.6 is 0 Å². The van der Waals surface area contributed by atoms with Crippen LogP contribution in [0.1, 0.15) is 36.3 Å². The molecule has 8 nitrogen and oxygen atoms in total. The number of carbonyl (C=O) groups is 1. The highest BCUT2D eigenvalue weighted by Crippen LogP contribution is 2.31. The van der Waals surface area contributed by atoms with E-state index in [1.165, 1.54) is 0 Å². The molecule has 0 bridgehead atoms. The van der Waals surface area contributed by atoms with E-state index in [2.05, 4.69) is 42.6 Å². The largest absolute Gasteiger partial charge is 0.378 e. The Bertz CT molecular complexity index is 660. The molecule has 0 spiro atoms. The van der Waals surface area contributed by atoms with Crippen molar-refractivity contribution in [3.05, 3.63) is 11.3 Å². The molecule has 1 aromatic heterocycles. The Labute approximate surface area is 162 Å². The van der Waals surface area contributed by atoms with Gasteiger partial charge in [-0.05, 0) is 27.4 Å². The fourth-order valence-corrected chi connectivity index (χ4v) is 3.55. The minimum absolute atomic E-state index is 0.0358. The van der Waals surface area contributed by atoms with Crippen molar-refractivity contribution in [2.24, 2.45) is 0 Å². The van der Waals surface area contributed by atoms with Crippen LogP contribution in [0, 0.1) is 0 Å². The van der Waals surface area contributed by atoms with Crippen molar-refractivity contribution in [2.45, 2.75) is 26.8 Å². The van der Waals surface area contributed by atoms with E-state index in [4.69, 9.17) is 14.7 Å². The number of likely N-dealkylation sites (N-methyl/N-ethyl adjacent to an activating group) is 2. The van der Waals surface area contributed by atoms with Crippen LogP contribution in [0.3, 0.4) is 0 Å². The van der Waals surface area contributed by atoms with E-state index in [1.54, 1.807) is 0 Å². The lowest BCUT2D eigenvalue weighted by molar-refractivity contribution is 0.0774. The number of carbonyl (C=O) groups excluding carboxylic acids is 1. The molecule has 3 rings (SSSR count). The number of amides is 1. The summed E-state index contributed by atoms with van der Waals surface area (Å²) in [4.78, 5) is 31.0. The maximum Gasteiger partial charge on any atom is 0.273 e. The molecule has 2 aliphatic rings. The second kappa shape index (κ2) is 8.84. The van der Waals surface area contributed by atoms with Gasteiger partial charge < -0.3 is 24.3 Å².